The first kappa shape index (κ1) is 17.0. The highest BCUT2D eigenvalue weighted by molar-refractivity contribution is 6.08. The van der Waals surface area contributed by atoms with Crippen LogP contribution in [0.15, 0.2) is 36.4 Å². The third-order valence-electron chi connectivity index (χ3n) is 6.12. The van der Waals surface area contributed by atoms with Crippen LogP contribution in [0.4, 0.5) is 0 Å². The second-order valence-corrected chi connectivity index (χ2v) is 7.88. The molecule has 1 saturated heterocycles. The molecule has 2 aliphatic carbocycles. The zero-order valence-electron chi connectivity index (χ0n) is 15.1. The van der Waals surface area contributed by atoms with Gasteiger partial charge in [-0.15, -0.1) is 0 Å². The van der Waals surface area contributed by atoms with Gasteiger partial charge in [0.1, 0.15) is 6.54 Å². The summed E-state index contributed by atoms with van der Waals surface area (Å²) < 4.78 is 0. The van der Waals surface area contributed by atoms with E-state index in [1.54, 1.807) is 0 Å². The molecule has 4 rings (SSSR count). The average Bonchev–Trinajstić information content (AvgIpc) is 3.30. The maximum absolute atomic E-state index is 12.6. The molecule has 1 saturated carbocycles. The molecule has 0 spiro atoms. The molecule has 1 aliphatic heterocycles. The van der Waals surface area contributed by atoms with Crippen molar-refractivity contribution in [3.8, 4) is 0 Å². The number of amides is 3. The first-order chi connectivity index (χ1) is 12.5. The number of nitrogens with one attached hydrogen (secondary N) is 1. The summed E-state index contributed by atoms with van der Waals surface area (Å²) in [4.78, 5) is 38.7. The molecule has 1 aromatic carbocycles. The molecule has 2 fully saturated rings. The van der Waals surface area contributed by atoms with Gasteiger partial charge in [0.2, 0.25) is 17.7 Å². The SMILES string of the molecule is Cc1ccc([C@H](C)CNC(=O)CN2C(=O)[C@H]3[C@H](C2=O)[C@H]2C=C[C@H]3C2)cc1. The van der Waals surface area contributed by atoms with E-state index in [4.69, 9.17) is 0 Å². The normalized spacial score (nSPS) is 30.0. The minimum absolute atomic E-state index is 0.162. The van der Waals surface area contributed by atoms with Gasteiger partial charge in [0.15, 0.2) is 0 Å². The molecule has 26 heavy (non-hydrogen) atoms. The number of nitrogens with zero attached hydrogens (tertiary/aromatic N) is 1. The Bertz CT molecular complexity index is 753. The van der Waals surface area contributed by atoms with Crippen LogP contribution >= 0.6 is 0 Å². The predicted octanol–water partition coefficient (Wildman–Crippen LogP) is 2.02. The first-order valence-electron chi connectivity index (χ1n) is 9.32. The largest absolute Gasteiger partial charge is 0.354 e. The lowest BCUT2D eigenvalue weighted by molar-refractivity contribution is -0.144. The summed E-state index contributed by atoms with van der Waals surface area (Å²) in [5.41, 5.74) is 2.35. The maximum atomic E-state index is 12.6. The summed E-state index contributed by atoms with van der Waals surface area (Å²) in [6, 6.07) is 8.22. The topological polar surface area (TPSA) is 66.5 Å². The number of fused-ring (bicyclic) bond motifs is 5. The van der Waals surface area contributed by atoms with Gasteiger partial charge >= 0.3 is 0 Å². The van der Waals surface area contributed by atoms with Crippen LogP contribution in [0.25, 0.3) is 0 Å². The quantitative estimate of drug-likeness (QED) is 0.651. The van der Waals surface area contributed by atoms with E-state index in [-0.39, 0.29) is 53.9 Å². The molecule has 0 radical (unpaired) electrons. The Balaban J connectivity index is 1.33. The zero-order chi connectivity index (χ0) is 18.4. The highest BCUT2D eigenvalue weighted by Crippen LogP contribution is 2.52. The number of imide groups is 1. The molecule has 5 heteroatoms. The number of carbonyl (C=O) groups excluding carboxylic acids is 3. The van der Waals surface area contributed by atoms with Gasteiger partial charge in [-0.2, -0.15) is 0 Å². The molecule has 136 valence electrons. The van der Waals surface area contributed by atoms with Gasteiger partial charge in [0.05, 0.1) is 11.8 Å². The van der Waals surface area contributed by atoms with Crippen molar-refractivity contribution in [1.29, 1.82) is 0 Å². The second kappa shape index (κ2) is 6.38. The number of benzene rings is 1. The number of aryl methyl sites for hydroxylation is 1. The molecule has 1 heterocycles. The summed E-state index contributed by atoms with van der Waals surface area (Å²) in [6.07, 6.45) is 5.02. The molecule has 5 atom stereocenters. The van der Waals surface area contributed by atoms with Crippen molar-refractivity contribution in [2.24, 2.45) is 23.7 Å². The van der Waals surface area contributed by atoms with E-state index in [1.807, 2.05) is 13.8 Å². The Hall–Kier alpha value is -2.43. The Morgan fingerprint density at radius 1 is 1.12 bits per heavy atom. The van der Waals surface area contributed by atoms with Gasteiger partial charge in [-0.05, 0) is 36.7 Å². The van der Waals surface area contributed by atoms with Gasteiger partial charge < -0.3 is 5.32 Å². The second-order valence-electron chi connectivity index (χ2n) is 7.88. The Labute approximate surface area is 153 Å². The fourth-order valence-electron chi connectivity index (χ4n) is 4.60. The number of carbonyl (C=O) groups is 3. The van der Waals surface area contributed by atoms with Crippen molar-refractivity contribution in [1.82, 2.24) is 10.2 Å². The van der Waals surface area contributed by atoms with Crippen LogP contribution in [0.3, 0.4) is 0 Å². The fourth-order valence-corrected chi connectivity index (χ4v) is 4.60. The number of likely N-dealkylation sites (tertiary alicyclic amines) is 1. The molecular formula is C21H24N2O3. The Morgan fingerprint density at radius 2 is 1.69 bits per heavy atom. The van der Waals surface area contributed by atoms with E-state index < -0.39 is 0 Å². The standard InChI is InChI=1S/C21H24N2O3/c1-12-3-5-14(6-4-12)13(2)10-22-17(24)11-23-20(25)18-15-7-8-16(9-15)19(18)21(23)26/h3-8,13,15-16,18-19H,9-11H2,1-2H3,(H,22,24)/t13-,15+,16+,18-,19-/m1/s1. The van der Waals surface area contributed by atoms with Crippen LogP contribution in [0.1, 0.15) is 30.4 Å². The minimum atomic E-state index is -0.272. The molecule has 1 aromatic rings. The Morgan fingerprint density at radius 3 is 2.27 bits per heavy atom. The van der Waals surface area contributed by atoms with Gasteiger partial charge in [-0.1, -0.05) is 48.9 Å². The molecule has 0 unspecified atom stereocenters. The van der Waals surface area contributed by atoms with Crippen LogP contribution in [0.2, 0.25) is 0 Å². The highest BCUT2D eigenvalue weighted by atomic mass is 16.2. The third kappa shape index (κ3) is 2.75. The summed E-state index contributed by atoms with van der Waals surface area (Å²) >= 11 is 0. The van der Waals surface area contributed by atoms with Crippen LogP contribution in [0, 0.1) is 30.6 Å². The Kier molecular flexibility index (Phi) is 4.17. The van der Waals surface area contributed by atoms with E-state index in [9.17, 15) is 14.4 Å². The van der Waals surface area contributed by atoms with Gasteiger partial charge in [-0.3, -0.25) is 19.3 Å². The van der Waals surface area contributed by atoms with E-state index in [0.29, 0.717) is 6.54 Å². The van der Waals surface area contributed by atoms with Crippen molar-refractivity contribution in [3.63, 3.8) is 0 Å². The monoisotopic (exact) mass is 352 g/mol. The lowest BCUT2D eigenvalue weighted by atomic mass is 9.85. The zero-order valence-corrected chi connectivity index (χ0v) is 15.1. The van der Waals surface area contributed by atoms with E-state index in [0.717, 1.165) is 12.0 Å². The van der Waals surface area contributed by atoms with E-state index in [1.165, 1.54) is 10.5 Å². The molecule has 1 N–H and O–H groups in total. The van der Waals surface area contributed by atoms with Crippen molar-refractivity contribution in [2.45, 2.75) is 26.2 Å². The van der Waals surface area contributed by atoms with Crippen LogP contribution in [0.5, 0.6) is 0 Å². The molecule has 3 aliphatic rings. The first-order valence-corrected chi connectivity index (χ1v) is 9.32. The average molecular weight is 352 g/mol. The molecule has 5 nitrogen and oxygen atoms in total. The number of rotatable bonds is 5. The van der Waals surface area contributed by atoms with Crippen LogP contribution < -0.4 is 5.32 Å². The van der Waals surface area contributed by atoms with Crippen molar-refractivity contribution in [3.05, 3.63) is 47.5 Å². The van der Waals surface area contributed by atoms with E-state index in [2.05, 4.69) is 41.7 Å². The number of hydrogen-bond acceptors (Lipinski definition) is 3. The van der Waals surface area contributed by atoms with Crippen LogP contribution in [-0.2, 0) is 14.4 Å². The van der Waals surface area contributed by atoms with Gasteiger partial charge in [0.25, 0.3) is 0 Å². The van der Waals surface area contributed by atoms with Gasteiger partial charge in [-0.25, -0.2) is 0 Å². The summed E-state index contributed by atoms with van der Waals surface area (Å²) in [5.74, 6) is -0.562. The summed E-state index contributed by atoms with van der Waals surface area (Å²) in [6.45, 7) is 4.41. The lowest BCUT2D eigenvalue weighted by Crippen LogP contribution is -2.42. The van der Waals surface area contributed by atoms with E-state index >= 15 is 0 Å². The molecule has 2 bridgehead atoms. The van der Waals surface area contributed by atoms with Crippen molar-refractivity contribution < 1.29 is 14.4 Å². The maximum Gasteiger partial charge on any atom is 0.240 e. The smallest absolute Gasteiger partial charge is 0.240 e. The molecule has 3 amide bonds. The number of hydrogen-bond donors (Lipinski definition) is 1. The van der Waals surface area contributed by atoms with Crippen LogP contribution in [-0.4, -0.2) is 35.7 Å². The highest BCUT2D eigenvalue weighted by Gasteiger charge is 2.59. The fraction of sp³-hybridized carbons (Fsp3) is 0.476. The summed E-state index contributed by atoms with van der Waals surface area (Å²) in [7, 11) is 0. The van der Waals surface area contributed by atoms with Gasteiger partial charge in [0, 0.05) is 6.54 Å². The minimum Gasteiger partial charge on any atom is -0.354 e. The lowest BCUT2D eigenvalue weighted by Gasteiger charge is -2.18. The predicted molar refractivity (Wildman–Crippen MR) is 97.0 cm³/mol. The summed E-state index contributed by atoms with van der Waals surface area (Å²) in [5, 5.41) is 2.87. The molecule has 0 aromatic heterocycles. The third-order valence-corrected chi connectivity index (χ3v) is 6.12. The number of allylic oxidation sites excluding steroid dienone is 2. The van der Waals surface area contributed by atoms with Crippen molar-refractivity contribution in [2.75, 3.05) is 13.1 Å². The van der Waals surface area contributed by atoms with Crippen molar-refractivity contribution >= 4 is 17.7 Å². The molecular weight excluding hydrogens is 328 g/mol.